The minimum Gasteiger partial charge on any atom is -0.497 e. The molecule has 0 aliphatic rings. The topological polar surface area (TPSA) is 75.7 Å². The van der Waals surface area contributed by atoms with Crippen LogP contribution in [0.15, 0.2) is 59.5 Å². The number of sulfonamides is 1. The number of carbonyl (C=O) groups excluding carboxylic acids is 1. The van der Waals surface area contributed by atoms with E-state index in [-0.39, 0.29) is 23.4 Å². The molecule has 0 saturated carbocycles. The Kier molecular flexibility index (Phi) is 7.24. The second-order valence-corrected chi connectivity index (χ2v) is 7.97. The van der Waals surface area contributed by atoms with Crippen molar-refractivity contribution in [1.82, 2.24) is 5.32 Å². The van der Waals surface area contributed by atoms with E-state index in [9.17, 15) is 13.2 Å². The standard InChI is InChI=1S/C20H26N2O4S/c1-4-16(5-2)21-20(23)15-22(17-9-7-6-8-10-17)27(24,25)19-13-11-18(26-3)12-14-19/h6-14,16H,4-5,15H2,1-3H3,(H,21,23). The first-order valence-corrected chi connectivity index (χ1v) is 10.4. The summed E-state index contributed by atoms with van der Waals surface area (Å²) in [7, 11) is -2.39. The van der Waals surface area contributed by atoms with E-state index in [1.165, 1.54) is 19.2 Å². The molecule has 0 atom stereocenters. The number of para-hydroxylation sites is 1. The van der Waals surface area contributed by atoms with Gasteiger partial charge in [-0.2, -0.15) is 0 Å². The smallest absolute Gasteiger partial charge is 0.264 e. The normalized spacial score (nSPS) is 11.3. The maximum Gasteiger partial charge on any atom is 0.264 e. The van der Waals surface area contributed by atoms with Crippen molar-refractivity contribution in [3.05, 3.63) is 54.6 Å². The summed E-state index contributed by atoms with van der Waals surface area (Å²) in [6.07, 6.45) is 1.58. The average molecular weight is 391 g/mol. The molecule has 0 radical (unpaired) electrons. The Labute approximate surface area is 161 Å². The molecule has 1 amide bonds. The quantitative estimate of drug-likeness (QED) is 0.713. The van der Waals surface area contributed by atoms with Gasteiger partial charge in [-0.05, 0) is 49.2 Å². The van der Waals surface area contributed by atoms with Crippen molar-refractivity contribution < 1.29 is 17.9 Å². The van der Waals surface area contributed by atoms with Crippen LogP contribution in [0.2, 0.25) is 0 Å². The summed E-state index contributed by atoms with van der Waals surface area (Å²) in [5.41, 5.74) is 0.438. The van der Waals surface area contributed by atoms with Gasteiger partial charge >= 0.3 is 0 Å². The molecule has 6 nitrogen and oxygen atoms in total. The third kappa shape index (κ3) is 5.23. The molecule has 0 fully saturated rings. The van der Waals surface area contributed by atoms with Crippen LogP contribution in [0.4, 0.5) is 5.69 Å². The largest absolute Gasteiger partial charge is 0.497 e. The number of nitrogens with zero attached hydrogens (tertiary/aromatic N) is 1. The van der Waals surface area contributed by atoms with E-state index in [1.807, 2.05) is 13.8 Å². The number of methoxy groups -OCH3 is 1. The number of benzene rings is 2. The van der Waals surface area contributed by atoms with Crippen LogP contribution < -0.4 is 14.4 Å². The zero-order valence-electron chi connectivity index (χ0n) is 15.9. The third-order valence-corrected chi connectivity index (χ3v) is 6.12. The van der Waals surface area contributed by atoms with Crippen molar-refractivity contribution in [2.24, 2.45) is 0 Å². The Bertz CT molecular complexity index is 832. The van der Waals surface area contributed by atoms with Crippen molar-refractivity contribution in [3.8, 4) is 5.75 Å². The van der Waals surface area contributed by atoms with Gasteiger partial charge in [0.15, 0.2) is 0 Å². The molecule has 2 rings (SSSR count). The highest BCUT2D eigenvalue weighted by atomic mass is 32.2. The van der Waals surface area contributed by atoms with Crippen molar-refractivity contribution in [3.63, 3.8) is 0 Å². The molecule has 2 aromatic carbocycles. The second kappa shape index (κ2) is 9.41. The van der Waals surface area contributed by atoms with Gasteiger partial charge in [-0.3, -0.25) is 9.10 Å². The number of nitrogens with one attached hydrogen (secondary N) is 1. The van der Waals surface area contributed by atoms with Crippen LogP contribution in [0.1, 0.15) is 26.7 Å². The average Bonchev–Trinajstić information content (AvgIpc) is 2.70. The molecule has 27 heavy (non-hydrogen) atoms. The van der Waals surface area contributed by atoms with E-state index in [0.717, 1.165) is 17.1 Å². The van der Waals surface area contributed by atoms with Crippen LogP contribution in [0, 0.1) is 0 Å². The van der Waals surface area contributed by atoms with Crippen LogP contribution in [0.5, 0.6) is 5.75 Å². The summed E-state index contributed by atoms with van der Waals surface area (Å²) in [5, 5.41) is 2.89. The van der Waals surface area contributed by atoms with Crippen molar-refractivity contribution in [2.75, 3.05) is 18.0 Å². The fourth-order valence-corrected chi connectivity index (χ4v) is 4.10. The van der Waals surface area contributed by atoms with Gasteiger partial charge in [0, 0.05) is 6.04 Å². The minimum atomic E-state index is -3.91. The van der Waals surface area contributed by atoms with Crippen LogP contribution in [0.25, 0.3) is 0 Å². The first-order chi connectivity index (χ1) is 12.9. The van der Waals surface area contributed by atoms with Gasteiger partial charge in [-0.15, -0.1) is 0 Å². The molecule has 0 bridgehead atoms. The van der Waals surface area contributed by atoms with E-state index in [4.69, 9.17) is 4.74 Å². The molecule has 2 aromatic rings. The van der Waals surface area contributed by atoms with Crippen molar-refractivity contribution in [2.45, 2.75) is 37.6 Å². The molecule has 0 spiro atoms. The fraction of sp³-hybridized carbons (Fsp3) is 0.350. The molecule has 0 aromatic heterocycles. The molecule has 0 heterocycles. The monoisotopic (exact) mass is 390 g/mol. The van der Waals surface area contributed by atoms with E-state index >= 15 is 0 Å². The fourth-order valence-electron chi connectivity index (χ4n) is 2.68. The van der Waals surface area contributed by atoms with Crippen LogP contribution >= 0.6 is 0 Å². The lowest BCUT2D eigenvalue weighted by atomic mass is 10.2. The lowest BCUT2D eigenvalue weighted by Crippen LogP contribution is -2.44. The molecular weight excluding hydrogens is 364 g/mol. The minimum absolute atomic E-state index is 0.0267. The van der Waals surface area contributed by atoms with E-state index < -0.39 is 10.0 Å². The lowest BCUT2D eigenvalue weighted by Gasteiger charge is -2.25. The van der Waals surface area contributed by atoms with Crippen molar-refractivity contribution in [1.29, 1.82) is 0 Å². The number of hydrogen-bond acceptors (Lipinski definition) is 4. The van der Waals surface area contributed by atoms with Gasteiger partial charge in [0.25, 0.3) is 10.0 Å². The Balaban J connectivity index is 2.35. The predicted molar refractivity (Wildman–Crippen MR) is 106 cm³/mol. The summed E-state index contributed by atoms with van der Waals surface area (Å²) in [6, 6.07) is 14.8. The Hall–Kier alpha value is -2.54. The van der Waals surface area contributed by atoms with Gasteiger partial charge in [-0.25, -0.2) is 8.42 Å². The first kappa shape index (κ1) is 20.8. The molecule has 0 saturated heterocycles. The van der Waals surface area contributed by atoms with E-state index in [0.29, 0.717) is 11.4 Å². The zero-order chi connectivity index (χ0) is 19.9. The highest BCUT2D eigenvalue weighted by molar-refractivity contribution is 7.92. The van der Waals surface area contributed by atoms with Gasteiger partial charge in [0.05, 0.1) is 17.7 Å². The van der Waals surface area contributed by atoms with Gasteiger partial charge in [-0.1, -0.05) is 32.0 Å². The van der Waals surface area contributed by atoms with E-state index in [2.05, 4.69) is 5.32 Å². The number of anilines is 1. The maximum atomic E-state index is 13.2. The number of rotatable bonds is 9. The number of ether oxygens (including phenoxy) is 1. The summed E-state index contributed by atoms with van der Waals surface area (Å²) < 4.78 is 32.6. The molecule has 1 N–H and O–H groups in total. The third-order valence-electron chi connectivity index (χ3n) is 4.33. The lowest BCUT2D eigenvalue weighted by molar-refractivity contribution is -0.120. The molecule has 0 aliphatic carbocycles. The van der Waals surface area contributed by atoms with Crippen molar-refractivity contribution >= 4 is 21.6 Å². The predicted octanol–water partition coefficient (Wildman–Crippen LogP) is 3.20. The molecule has 0 unspecified atom stereocenters. The second-order valence-electron chi connectivity index (χ2n) is 6.10. The number of amides is 1. The van der Waals surface area contributed by atoms with Crippen LogP contribution in [-0.4, -0.2) is 34.0 Å². The highest BCUT2D eigenvalue weighted by Gasteiger charge is 2.27. The molecule has 146 valence electrons. The Morgan fingerprint density at radius 3 is 2.15 bits per heavy atom. The van der Waals surface area contributed by atoms with Crippen LogP contribution in [-0.2, 0) is 14.8 Å². The highest BCUT2D eigenvalue weighted by Crippen LogP contribution is 2.24. The summed E-state index contributed by atoms with van der Waals surface area (Å²) in [4.78, 5) is 12.6. The summed E-state index contributed by atoms with van der Waals surface area (Å²) >= 11 is 0. The Morgan fingerprint density at radius 2 is 1.63 bits per heavy atom. The first-order valence-electron chi connectivity index (χ1n) is 8.93. The van der Waals surface area contributed by atoms with Gasteiger partial charge < -0.3 is 10.1 Å². The Morgan fingerprint density at radius 1 is 1.04 bits per heavy atom. The molecular formula is C20H26N2O4S. The number of hydrogen-bond donors (Lipinski definition) is 1. The van der Waals surface area contributed by atoms with E-state index in [1.54, 1.807) is 42.5 Å². The van der Waals surface area contributed by atoms with Crippen LogP contribution in [0.3, 0.4) is 0 Å². The van der Waals surface area contributed by atoms with Gasteiger partial charge in [0.1, 0.15) is 12.3 Å². The SMILES string of the molecule is CCC(CC)NC(=O)CN(c1ccccc1)S(=O)(=O)c1ccc(OC)cc1. The summed E-state index contributed by atoms with van der Waals surface area (Å²) in [6.45, 7) is 3.68. The molecule has 0 aliphatic heterocycles. The number of carbonyl (C=O) groups is 1. The molecule has 7 heteroatoms. The zero-order valence-corrected chi connectivity index (χ0v) is 16.7. The maximum absolute atomic E-state index is 13.2. The summed E-state index contributed by atoms with van der Waals surface area (Å²) in [5.74, 6) is 0.233. The van der Waals surface area contributed by atoms with Gasteiger partial charge in [0.2, 0.25) is 5.91 Å².